The summed E-state index contributed by atoms with van der Waals surface area (Å²) in [5.74, 6) is 0. The Labute approximate surface area is 141 Å². The zero-order chi connectivity index (χ0) is 17.6. The third-order valence-corrected chi connectivity index (χ3v) is 6.35. The topological polar surface area (TPSA) is 7.76 Å². The number of hydrogen-bond acceptors (Lipinski definition) is 0. The zero-order valence-electron chi connectivity index (χ0n) is 16.6. The molecule has 0 atom stereocenters. The van der Waals surface area contributed by atoms with Gasteiger partial charge in [0.15, 0.2) is 22.8 Å². The van der Waals surface area contributed by atoms with Crippen molar-refractivity contribution < 1.29 is 9.13 Å². The van der Waals surface area contributed by atoms with Gasteiger partial charge in [-0.25, -0.2) is 9.13 Å². The first kappa shape index (κ1) is 17.7. The normalized spacial score (nSPS) is 11.2. The first-order valence-corrected chi connectivity index (χ1v) is 8.50. The third kappa shape index (κ3) is 2.69. The third-order valence-electron chi connectivity index (χ3n) is 6.35. The molecule has 0 aliphatic heterocycles. The number of pyridine rings is 2. The molecule has 0 aromatic carbocycles. The van der Waals surface area contributed by atoms with Crippen LogP contribution in [0, 0.1) is 55.4 Å². The molecule has 0 amide bonds. The van der Waals surface area contributed by atoms with E-state index in [-0.39, 0.29) is 0 Å². The molecule has 0 saturated carbocycles. The van der Waals surface area contributed by atoms with Crippen molar-refractivity contribution in [1.29, 1.82) is 0 Å². The maximum atomic E-state index is 2.31. The predicted octanol–water partition coefficient (Wildman–Crippen LogP) is 3.39. The molecular formula is C21H32N2+2. The molecule has 0 fully saturated rings. The van der Waals surface area contributed by atoms with Crippen molar-refractivity contribution in [3.63, 3.8) is 0 Å². The van der Waals surface area contributed by atoms with Crippen LogP contribution >= 0.6 is 0 Å². The van der Waals surface area contributed by atoms with Gasteiger partial charge >= 0.3 is 0 Å². The van der Waals surface area contributed by atoms with Crippen molar-refractivity contribution in [2.24, 2.45) is 14.1 Å². The fraction of sp³-hybridized carbons (Fsp3) is 0.524. The summed E-state index contributed by atoms with van der Waals surface area (Å²) in [5, 5.41) is 0. The molecular weight excluding hydrogens is 280 g/mol. The molecule has 23 heavy (non-hydrogen) atoms. The highest BCUT2D eigenvalue weighted by atomic mass is 14.9. The molecule has 2 heterocycles. The lowest BCUT2D eigenvalue weighted by Gasteiger charge is -2.17. The smallest absolute Gasteiger partial charge is 0.181 e. The fourth-order valence-electron chi connectivity index (χ4n) is 3.65. The Morgan fingerprint density at radius 3 is 0.913 bits per heavy atom. The van der Waals surface area contributed by atoms with Crippen LogP contribution < -0.4 is 9.13 Å². The first-order valence-electron chi connectivity index (χ1n) is 8.50. The van der Waals surface area contributed by atoms with Crippen LogP contribution in [0.3, 0.4) is 0 Å². The van der Waals surface area contributed by atoms with Gasteiger partial charge in [0.2, 0.25) is 0 Å². The molecule has 2 heteroatoms. The molecule has 2 nitrogen and oxygen atoms in total. The average Bonchev–Trinajstić information content (AvgIpc) is 2.54. The van der Waals surface area contributed by atoms with Gasteiger partial charge in [-0.05, 0) is 45.2 Å². The minimum Gasteiger partial charge on any atom is -0.202 e. The van der Waals surface area contributed by atoms with E-state index < -0.39 is 0 Å². The summed E-state index contributed by atoms with van der Waals surface area (Å²) in [7, 11) is 4.34. The first-order chi connectivity index (χ1) is 10.6. The van der Waals surface area contributed by atoms with Gasteiger partial charge in [0.1, 0.15) is 14.1 Å². The molecule has 0 spiro atoms. The van der Waals surface area contributed by atoms with Gasteiger partial charge in [-0.15, -0.1) is 0 Å². The molecule has 124 valence electrons. The molecule has 0 radical (unpaired) electrons. The van der Waals surface area contributed by atoms with Gasteiger partial charge in [0.05, 0.1) is 0 Å². The van der Waals surface area contributed by atoms with E-state index in [9.17, 15) is 0 Å². The Morgan fingerprint density at radius 2 is 0.696 bits per heavy atom. The predicted molar refractivity (Wildman–Crippen MR) is 95.9 cm³/mol. The highest BCUT2D eigenvalue weighted by Crippen LogP contribution is 2.26. The van der Waals surface area contributed by atoms with E-state index in [1.165, 1.54) is 56.2 Å². The lowest BCUT2D eigenvalue weighted by Crippen LogP contribution is -2.39. The average molecular weight is 313 g/mol. The van der Waals surface area contributed by atoms with Crippen molar-refractivity contribution >= 4 is 0 Å². The van der Waals surface area contributed by atoms with Crippen LogP contribution in [0.5, 0.6) is 0 Å². The fourth-order valence-corrected chi connectivity index (χ4v) is 3.65. The molecule has 2 aromatic heterocycles. The number of hydrogen-bond donors (Lipinski definition) is 0. The summed E-state index contributed by atoms with van der Waals surface area (Å²) < 4.78 is 4.63. The van der Waals surface area contributed by atoms with Crippen molar-refractivity contribution in [3.8, 4) is 0 Å². The summed E-state index contributed by atoms with van der Waals surface area (Å²) in [5.41, 5.74) is 14.2. The van der Waals surface area contributed by atoms with Crippen LogP contribution in [0.15, 0.2) is 0 Å². The van der Waals surface area contributed by atoms with Crippen molar-refractivity contribution in [2.45, 2.75) is 61.8 Å². The molecule has 2 rings (SSSR count). The van der Waals surface area contributed by atoms with Crippen molar-refractivity contribution in [1.82, 2.24) is 0 Å². The van der Waals surface area contributed by atoms with E-state index in [4.69, 9.17) is 0 Å². The summed E-state index contributed by atoms with van der Waals surface area (Å²) in [6, 6.07) is 0. The van der Waals surface area contributed by atoms with Crippen LogP contribution in [0.1, 0.15) is 56.2 Å². The van der Waals surface area contributed by atoms with Crippen molar-refractivity contribution in [3.05, 3.63) is 56.2 Å². The maximum absolute atomic E-state index is 2.31. The highest BCUT2D eigenvalue weighted by Gasteiger charge is 2.23. The van der Waals surface area contributed by atoms with E-state index >= 15 is 0 Å². The Morgan fingerprint density at radius 1 is 0.478 bits per heavy atom. The van der Waals surface area contributed by atoms with Crippen LogP contribution in [0.25, 0.3) is 0 Å². The molecule has 0 aliphatic rings. The lowest BCUT2D eigenvalue weighted by molar-refractivity contribution is -0.684. The van der Waals surface area contributed by atoms with Gasteiger partial charge in [-0.2, -0.15) is 0 Å². The Bertz CT molecular complexity index is 673. The molecule has 0 N–H and O–H groups in total. The second-order valence-corrected chi connectivity index (χ2v) is 7.09. The Hall–Kier alpha value is -1.70. The van der Waals surface area contributed by atoms with Gasteiger partial charge < -0.3 is 0 Å². The minimum absolute atomic E-state index is 1.03. The number of aromatic nitrogens is 2. The summed E-state index contributed by atoms with van der Waals surface area (Å²) in [6.07, 6.45) is 1.03. The summed E-state index contributed by atoms with van der Waals surface area (Å²) in [6.45, 7) is 18.0. The SMILES string of the molecule is Cc1c(Cc2c(C)c(C)[n+](C)c(C)c2C)c(C)c(C)[n+](C)c1C. The quantitative estimate of drug-likeness (QED) is 0.751. The van der Waals surface area contributed by atoms with Gasteiger partial charge in [0, 0.05) is 49.9 Å². The molecule has 2 aromatic rings. The monoisotopic (exact) mass is 312 g/mol. The number of rotatable bonds is 2. The van der Waals surface area contributed by atoms with E-state index in [0.717, 1.165) is 6.42 Å². The van der Waals surface area contributed by atoms with Crippen LogP contribution in [-0.2, 0) is 20.5 Å². The second-order valence-electron chi connectivity index (χ2n) is 7.09. The number of nitrogens with zero attached hydrogens (tertiary/aromatic N) is 2. The summed E-state index contributed by atoms with van der Waals surface area (Å²) in [4.78, 5) is 0. The standard InChI is InChI=1S/C21H32N2/c1-12-16(5)22(9)17(6)13(2)20(12)11-21-14(3)18(7)23(10)19(8)15(21)4/h11H2,1-10H3/q+2. The highest BCUT2D eigenvalue weighted by molar-refractivity contribution is 5.44. The molecule has 0 saturated heterocycles. The van der Waals surface area contributed by atoms with Crippen LogP contribution in [0.2, 0.25) is 0 Å². The van der Waals surface area contributed by atoms with Crippen LogP contribution in [0.4, 0.5) is 0 Å². The second kappa shape index (κ2) is 6.07. The summed E-state index contributed by atoms with van der Waals surface area (Å²) >= 11 is 0. The molecule has 0 bridgehead atoms. The van der Waals surface area contributed by atoms with Crippen molar-refractivity contribution in [2.75, 3.05) is 0 Å². The van der Waals surface area contributed by atoms with E-state index in [1.807, 2.05) is 0 Å². The Kier molecular flexibility index (Phi) is 4.66. The minimum atomic E-state index is 1.03. The lowest BCUT2D eigenvalue weighted by atomic mass is 9.89. The van der Waals surface area contributed by atoms with E-state index in [0.29, 0.717) is 0 Å². The van der Waals surface area contributed by atoms with Gasteiger partial charge in [-0.3, -0.25) is 0 Å². The van der Waals surface area contributed by atoms with E-state index in [1.54, 1.807) is 0 Å². The van der Waals surface area contributed by atoms with E-state index in [2.05, 4.69) is 78.6 Å². The maximum Gasteiger partial charge on any atom is 0.181 e. The largest absolute Gasteiger partial charge is 0.202 e. The molecule has 0 unspecified atom stereocenters. The van der Waals surface area contributed by atoms with Crippen LogP contribution in [-0.4, -0.2) is 0 Å². The van der Waals surface area contributed by atoms with Gasteiger partial charge in [0.25, 0.3) is 0 Å². The molecule has 0 aliphatic carbocycles. The zero-order valence-corrected chi connectivity index (χ0v) is 16.6. The Balaban J connectivity index is 2.71. The van der Waals surface area contributed by atoms with Gasteiger partial charge in [-0.1, -0.05) is 0 Å².